The SMILES string of the molecule is C[C@@H](C(=O)Nc1ccccc1)N1CCC[C@@H](C(N)=O)C1. The van der Waals surface area contributed by atoms with Gasteiger partial charge in [0.1, 0.15) is 0 Å². The number of carbonyl (C=O) groups is 2. The standard InChI is InChI=1S/C15H21N3O2/c1-11(15(20)17-13-7-3-2-4-8-13)18-9-5-6-12(10-18)14(16)19/h2-4,7-8,11-12H,5-6,9-10H2,1H3,(H2,16,19)(H,17,20)/t11-,12+/m0/s1. The molecule has 108 valence electrons. The average Bonchev–Trinajstić information content (AvgIpc) is 2.47. The Morgan fingerprint density at radius 3 is 2.70 bits per heavy atom. The van der Waals surface area contributed by atoms with E-state index in [-0.39, 0.29) is 23.8 Å². The van der Waals surface area contributed by atoms with Gasteiger partial charge in [0.25, 0.3) is 0 Å². The smallest absolute Gasteiger partial charge is 0.241 e. The minimum absolute atomic E-state index is 0.0543. The molecule has 0 bridgehead atoms. The zero-order chi connectivity index (χ0) is 14.5. The van der Waals surface area contributed by atoms with Crippen LogP contribution in [0.1, 0.15) is 19.8 Å². The highest BCUT2D eigenvalue weighted by Crippen LogP contribution is 2.19. The number of amides is 2. The first-order valence-electron chi connectivity index (χ1n) is 6.97. The van der Waals surface area contributed by atoms with Gasteiger partial charge in [-0.15, -0.1) is 0 Å². The van der Waals surface area contributed by atoms with E-state index in [1.54, 1.807) is 0 Å². The normalized spacial score (nSPS) is 21.1. The third kappa shape index (κ3) is 3.57. The Bertz CT molecular complexity index is 475. The molecule has 20 heavy (non-hydrogen) atoms. The van der Waals surface area contributed by atoms with Crippen molar-refractivity contribution in [1.82, 2.24) is 4.90 Å². The number of rotatable bonds is 4. The summed E-state index contributed by atoms with van der Waals surface area (Å²) >= 11 is 0. The van der Waals surface area contributed by atoms with Crippen molar-refractivity contribution in [1.29, 1.82) is 0 Å². The van der Waals surface area contributed by atoms with Gasteiger partial charge in [0.05, 0.1) is 12.0 Å². The largest absolute Gasteiger partial charge is 0.369 e. The Labute approximate surface area is 119 Å². The third-order valence-corrected chi connectivity index (χ3v) is 3.82. The molecule has 3 N–H and O–H groups in total. The van der Waals surface area contributed by atoms with Gasteiger partial charge in [0.2, 0.25) is 11.8 Å². The van der Waals surface area contributed by atoms with Crippen LogP contribution in [0, 0.1) is 5.92 Å². The number of likely N-dealkylation sites (tertiary alicyclic amines) is 1. The van der Waals surface area contributed by atoms with Crippen molar-refractivity contribution >= 4 is 17.5 Å². The van der Waals surface area contributed by atoms with Crippen LogP contribution in [0.5, 0.6) is 0 Å². The number of piperidine rings is 1. The number of hydrogen-bond acceptors (Lipinski definition) is 3. The summed E-state index contributed by atoms with van der Waals surface area (Å²) in [6, 6.07) is 9.10. The van der Waals surface area contributed by atoms with E-state index >= 15 is 0 Å². The maximum Gasteiger partial charge on any atom is 0.241 e. The highest BCUT2D eigenvalue weighted by atomic mass is 16.2. The predicted octanol–water partition coefficient (Wildman–Crippen LogP) is 1.21. The molecular formula is C15H21N3O2. The third-order valence-electron chi connectivity index (χ3n) is 3.82. The summed E-state index contributed by atoms with van der Waals surface area (Å²) in [6.45, 7) is 3.26. The van der Waals surface area contributed by atoms with Gasteiger partial charge in [-0.2, -0.15) is 0 Å². The topological polar surface area (TPSA) is 75.4 Å². The fraction of sp³-hybridized carbons (Fsp3) is 0.467. The molecule has 2 rings (SSSR count). The summed E-state index contributed by atoms with van der Waals surface area (Å²) < 4.78 is 0. The lowest BCUT2D eigenvalue weighted by Crippen LogP contribution is -2.49. The van der Waals surface area contributed by atoms with Crippen LogP contribution >= 0.6 is 0 Å². The summed E-state index contributed by atoms with van der Waals surface area (Å²) in [5, 5.41) is 2.89. The van der Waals surface area contributed by atoms with Crippen molar-refractivity contribution in [3.63, 3.8) is 0 Å². The number of benzene rings is 1. The number of carbonyl (C=O) groups excluding carboxylic acids is 2. The van der Waals surface area contributed by atoms with Gasteiger partial charge >= 0.3 is 0 Å². The summed E-state index contributed by atoms with van der Waals surface area (Å²) in [5.41, 5.74) is 6.15. The molecule has 1 fully saturated rings. The fourth-order valence-electron chi connectivity index (χ4n) is 2.52. The molecule has 1 heterocycles. The minimum Gasteiger partial charge on any atom is -0.369 e. The molecule has 0 spiro atoms. The number of nitrogens with one attached hydrogen (secondary N) is 1. The molecule has 0 saturated carbocycles. The van der Waals surface area contributed by atoms with Crippen molar-refractivity contribution in [3.05, 3.63) is 30.3 Å². The fourth-order valence-corrected chi connectivity index (χ4v) is 2.52. The maximum atomic E-state index is 12.2. The van der Waals surface area contributed by atoms with Crippen LogP contribution in [0.15, 0.2) is 30.3 Å². The van der Waals surface area contributed by atoms with Crippen LogP contribution in [-0.4, -0.2) is 35.8 Å². The summed E-state index contributed by atoms with van der Waals surface area (Å²) in [5.74, 6) is -0.470. The Kier molecular flexibility index (Phi) is 4.74. The first kappa shape index (κ1) is 14.5. The summed E-state index contributed by atoms with van der Waals surface area (Å²) in [7, 11) is 0. The van der Waals surface area contributed by atoms with E-state index in [4.69, 9.17) is 5.73 Å². The number of anilines is 1. The highest BCUT2D eigenvalue weighted by Gasteiger charge is 2.29. The quantitative estimate of drug-likeness (QED) is 0.867. The molecule has 0 radical (unpaired) electrons. The van der Waals surface area contributed by atoms with E-state index in [1.165, 1.54) is 0 Å². The molecule has 1 aromatic carbocycles. The van der Waals surface area contributed by atoms with Crippen molar-refractivity contribution in [3.8, 4) is 0 Å². The Hall–Kier alpha value is -1.88. The number of hydrogen-bond donors (Lipinski definition) is 2. The molecule has 5 heteroatoms. The molecule has 0 aromatic heterocycles. The molecule has 1 saturated heterocycles. The van der Waals surface area contributed by atoms with Crippen LogP contribution in [0.4, 0.5) is 5.69 Å². The lowest BCUT2D eigenvalue weighted by molar-refractivity contribution is -0.127. The van der Waals surface area contributed by atoms with Gasteiger partial charge in [-0.05, 0) is 38.4 Å². The second kappa shape index (κ2) is 6.52. The molecule has 1 aromatic rings. The van der Waals surface area contributed by atoms with Crippen molar-refractivity contribution < 1.29 is 9.59 Å². The van der Waals surface area contributed by atoms with Gasteiger partial charge in [0.15, 0.2) is 0 Å². The van der Waals surface area contributed by atoms with Crippen LogP contribution in [0.25, 0.3) is 0 Å². The van der Waals surface area contributed by atoms with E-state index < -0.39 is 0 Å². The van der Waals surface area contributed by atoms with Gasteiger partial charge in [-0.25, -0.2) is 0 Å². The summed E-state index contributed by atoms with van der Waals surface area (Å²) in [4.78, 5) is 25.5. The number of primary amides is 1. The molecule has 0 unspecified atom stereocenters. The van der Waals surface area contributed by atoms with E-state index in [0.717, 1.165) is 25.1 Å². The first-order chi connectivity index (χ1) is 9.58. The van der Waals surface area contributed by atoms with Gasteiger partial charge < -0.3 is 11.1 Å². The molecule has 0 aliphatic carbocycles. The van der Waals surface area contributed by atoms with Crippen molar-refractivity contribution in [2.75, 3.05) is 18.4 Å². The summed E-state index contributed by atoms with van der Waals surface area (Å²) in [6.07, 6.45) is 1.72. The van der Waals surface area contributed by atoms with Crippen LogP contribution in [0.3, 0.4) is 0 Å². The molecule has 1 aliphatic rings. The monoisotopic (exact) mass is 275 g/mol. The van der Waals surface area contributed by atoms with E-state index in [9.17, 15) is 9.59 Å². The first-order valence-corrected chi connectivity index (χ1v) is 6.97. The Morgan fingerprint density at radius 1 is 1.35 bits per heavy atom. The van der Waals surface area contributed by atoms with Gasteiger partial charge in [0, 0.05) is 12.2 Å². The second-order valence-electron chi connectivity index (χ2n) is 5.27. The highest BCUT2D eigenvalue weighted by molar-refractivity contribution is 5.94. The molecule has 2 atom stereocenters. The lowest BCUT2D eigenvalue weighted by Gasteiger charge is -2.34. The molecule has 5 nitrogen and oxygen atoms in total. The Morgan fingerprint density at radius 2 is 2.05 bits per heavy atom. The average molecular weight is 275 g/mol. The molecular weight excluding hydrogens is 254 g/mol. The Balaban J connectivity index is 1.94. The minimum atomic E-state index is -0.273. The zero-order valence-electron chi connectivity index (χ0n) is 11.7. The van der Waals surface area contributed by atoms with Crippen LogP contribution < -0.4 is 11.1 Å². The van der Waals surface area contributed by atoms with E-state index in [1.807, 2.05) is 42.2 Å². The van der Waals surface area contributed by atoms with Crippen LogP contribution in [-0.2, 0) is 9.59 Å². The second-order valence-corrected chi connectivity index (χ2v) is 5.27. The van der Waals surface area contributed by atoms with E-state index in [2.05, 4.69) is 5.32 Å². The van der Waals surface area contributed by atoms with E-state index in [0.29, 0.717) is 6.54 Å². The van der Waals surface area contributed by atoms with Crippen molar-refractivity contribution in [2.24, 2.45) is 11.7 Å². The van der Waals surface area contributed by atoms with Gasteiger partial charge in [-0.3, -0.25) is 14.5 Å². The lowest BCUT2D eigenvalue weighted by atomic mass is 9.96. The number of nitrogens with zero attached hydrogens (tertiary/aromatic N) is 1. The number of para-hydroxylation sites is 1. The maximum absolute atomic E-state index is 12.2. The van der Waals surface area contributed by atoms with Crippen LogP contribution in [0.2, 0.25) is 0 Å². The molecule has 1 aliphatic heterocycles. The van der Waals surface area contributed by atoms with Crippen molar-refractivity contribution in [2.45, 2.75) is 25.8 Å². The predicted molar refractivity (Wildman–Crippen MR) is 78.0 cm³/mol. The van der Waals surface area contributed by atoms with Gasteiger partial charge in [-0.1, -0.05) is 18.2 Å². The number of nitrogens with two attached hydrogens (primary N) is 1. The zero-order valence-corrected chi connectivity index (χ0v) is 11.7. The molecule has 2 amide bonds.